The third-order valence-corrected chi connectivity index (χ3v) is 6.55. The predicted molar refractivity (Wildman–Crippen MR) is 74.8 cm³/mol. The van der Waals surface area contributed by atoms with Gasteiger partial charge in [-0.25, -0.2) is 0 Å². The molecule has 2 heteroatoms. The topological polar surface area (TPSA) is 29.5 Å². The second-order valence-corrected chi connectivity index (χ2v) is 8.17. The van der Waals surface area contributed by atoms with Crippen molar-refractivity contribution in [3.05, 3.63) is 0 Å². The van der Waals surface area contributed by atoms with Crippen molar-refractivity contribution < 1.29 is 9.84 Å². The van der Waals surface area contributed by atoms with Gasteiger partial charge in [-0.05, 0) is 81.0 Å². The van der Waals surface area contributed by atoms with Crippen LogP contribution in [-0.4, -0.2) is 24.4 Å². The minimum atomic E-state index is -0.100. The normalized spacial score (nSPS) is 50.4. The summed E-state index contributed by atoms with van der Waals surface area (Å²) in [6.45, 7) is 1.70. The van der Waals surface area contributed by atoms with Crippen molar-refractivity contribution in [2.75, 3.05) is 13.2 Å². The van der Waals surface area contributed by atoms with E-state index in [0.29, 0.717) is 11.3 Å². The molecule has 1 heterocycles. The number of hydrogen-bond acceptors (Lipinski definition) is 2. The summed E-state index contributed by atoms with van der Waals surface area (Å²) in [5.41, 5.74) is 0.519. The number of ether oxygens (including phenoxy) is 1. The van der Waals surface area contributed by atoms with Crippen molar-refractivity contribution in [1.29, 1.82) is 0 Å². The third kappa shape index (κ3) is 2.35. The molecule has 0 aromatic rings. The van der Waals surface area contributed by atoms with Crippen molar-refractivity contribution >= 4 is 0 Å². The molecule has 0 radical (unpaired) electrons. The highest BCUT2D eigenvalue weighted by molar-refractivity contribution is 5.02. The Kier molecular flexibility index (Phi) is 3.15. The van der Waals surface area contributed by atoms with Crippen LogP contribution in [0.1, 0.15) is 57.8 Å². The van der Waals surface area contributed by atoms with E-state index in [1.165, 1.54) is 44.9 Å². The molecule has 0 aromatic carbocycles. The summed E-state index contributed by atoms with van der Waals surface area (Å²) >= 11 is 0. The molecule has 0 amide bonds. The highest BCUT2D eigenvalue weighted by Crippen LogP contribution is 2.61. The molecule has 5 fully saturated rings. The fraction of sp³-hybridized carbons (Fsp3) is 1.00. The van der Waals surface area contributed by atoms with Crippen molar-refractivity contribution in [3.8, 4) is 0 Å². The second-order valence-electron chi connectivity index (χ2n) is 8.17. The van der Waals surface area contributed by atoms with Gasteiger partial charge in [0.05, 0.1) is 12.7 Å². The fourth-order valence-corrected chi connectivity index (χ4v) is 6.22. The number of rotatable bonds is 3. The lowest BCUT2D eigenvalue weighted by Crippen LogP contribution is -2.48. The number of hydrogen-bond donors (Lipinski definition) is 1. The van der Waals surface area contributed by atoms with E-state index in [1.54, 1.807) is 0 Å². The smallest absolute Gasteiger partial charge is 0.0595 e. The minimum Gasteiger partial charge on any atom is -0.393 e. The van der Waals surface area contributed by atoms with Crippen LogP contribution >= 0.6 is 0 Å². The molecule has 19 heavy (non-hydrogen) atoms. The molecule has 5 aliphatic rings. The molecule has 2 atom stereocenters. The van der Waals surface area contributed by atoms with Gasteiger partial charge in [-0.3, -0.25) is 0 Å². The highest BCUT2D eigenvalue weighted by atomic mass is 16.5. The zero-order valence-electron chi connectivity index (χ0n) is 12.0. The van der Waals surface area contributed by atoms with E-state index in [1.807, 2.05) is 0 Å². The van der Waals surface area contributed by atoms with E-state index in [9.17, 15) is 5.11 Å². The molecule has 4 aliphatic carbocycles. The Bertz CT molecular complexity index is 297. The predicted octanol–water partition coefficient (Wildman–Crippen LogP) is 3.38. The number of aliphatic hydroxyl groups excluding tert-OH is 1. The molecule has 108 valence electrons. The van der Waals surface area contributed by atoms with Crippen LogP contribution in [0.2, 0.25) is 0 Å². The summed E-state index contributed by atoms with van der Waals surface area (Å²) in [5, 5.41) is 10.7. The van der Waals surface area contributed by atoms with E-state index >= 15 is 0 Å². The van der Waals surface area contributed by atoms with Crippen LogP contribution in [0.4, 0.5) is 0 Å². The molecule has 2 nitrogen and oxygen atoms in total. The molecular formula is C17H28O2. The Labute approximate surface area is 116 Å². The van der Waals surface area contributed by atoms with Crippen LogP contribution in [0.5, 0.6) is 0 Å². The molecule has 5 rings (SSSR count). The minimum absolute atomic E-state index is 0.100. The van der Waals surface area contributed by atoms with Gasteiger partial charge < -0.3 is 9.84 Å². The van der Waals surface area contributed by atoms with Crippen LogP contribution < -0.4 is 0 Å². The lowest BCUT2D eigenvalue weighted by atomic mass is 9.48. The molecule has 1 aliphatic heterocycles. The monoisotopic (exact) mass is 264 g/mol. The molecule has 2 unspecified atom stereocenters. The van der Waals surface area contributed by atoms with Crippen LogP contribution in [-0.2, 0) is 4.74 Å². The van der Waals surface area contributed by atoms with Gasteiger partial charge >= 0.3 is 0 Å². The molecule has 4 bridgehead atoms. The molecule has 1 N–H and O–H groups in total. The maximum Gasteiger partial charge on any atom is 0.0595 e. The first-order valence-electron chi connectivity index (χ1n) is 8.48. The highest BCUT2D eigenvalue weighted by Gasteiger charge is 2.51. The summed E-state index contributed by atoms with van der Waals surface area (Å²) in [6.07, 6.45) is 12.1. The van der Waals surface area contributed by atoms with E-state index in [2.05, 4.69) is 0 Å². The quantitative estimate of drug-likeness (QED) is 0.846. The van der Waals surface area contributed by atoms with Gasteiger partial charge in [-0.15, -0.1) is 0 Å². The van der Waals surface area contributed by atoms with Gasteiger partial charge in [-0.2, -0.15) is 0 Å². The lowest BCUT2D eigenvalue weighted by molar-refractivity contribution is -0.0946. The van der Waals surface area contributed by atoms with Crippen molar-refractivity contribution in [2.24, 2.45) is 29.1 Å². The standard InChI is InChI=1S/C17H28O2/c18-16(15-2-1-3-19-11-15)10-17-7-12-4-13(8-17)6-14(5-12)9-17/h12-16,18H,1-11H2. The van der Waals surface area contributed by atoms with Gasteiger partial charge in [0.25, 0.3) is 0 Å². The van der Waals surface area contributed by atoms with Crippen LogP contribution in [0, 0.1) is 29.1 Å². The van der Waals surface area contributed by atoms with Gasteiger partial charge in [0.2, 0.25) is 0 Å². The van der Waals surface area contributed by atoms with E-state index in [4.69, 9.17) is 4.74 Å². The Morgan fingerprint density at radius 2 is 1.68 bits per heavy atom. The Hall–Kier alpha value is -0.0800. The summed E-state index contributed by atoms with van der Waals surface area (Å²) in [4.78, 5) is 0. The summed E-state index contributed by atoms with van der Waals surface area (Å²) in [7, 11) is 0. The lowest BCUT2D eigenvalue weighted by Gasteiger charge is -2.57. The summed E-state index contributed by atoms with van der Waals surface area (Å²) in [5.74, 6) is 3.42. The average molecular weight is 264 g/mol. The zero-order valence-corrected chi connectivity index (χ0v) is 12.0. The van der Waals surface area contributed by atoms with Crippen LogP contribution in [0.15, 0.2) is 0 Å². The van der Waals surface area contributed by atoms with Crippen molar-refractivity contribution in [1.82, 2.24) is 0 Å². The molecule has 0 aromatic heterocycles. The Morgan fingerprint density at radius 1 is 1.05 bits per heavy atom. The molecular weight excluding hydrogens is 236 g/mol. The molecule has 1 saturated heterocycles. The largest absolute Gasteiger partial charge is 0.393 e. The fourth-order valence-electron chi connectivity index (χ4n) is 6.22. The maximum atomic E-state index is 10.7. The third-order valence-electron chi connectivity index (χ3n) is 6.55. The van der Waals surface area contributed by atoms with Crippen molar-refractivity contribution in [2.45, 2.75) is 63.9 Å². The van der Waals surface area contributed by atoms with Crippen molar-refractivity contribution in [3.63, 3.8) is 0 Å². The Morgan fingerprint density at radius 3 is 2.21 bits per heavy atom. The van der Waals surface area contributed by atoms with E-state index in [-0.39, 0.29) is 6.10 Å². The Balaban J connectivity index is 1.44. The van der Waals surface area contributed by atoms with Gasteiger partial charge in [-0.1, -0.05) is 0 Å². The summed E-state index contributed by atoms with van der Waals surface area (Å²) in [6, 6.07) is 0. The first-order valence-corrected chi connectivity index (χ1v) is 8.48. The SMILES string of the molecule is OC(CC12CC3CC(CC(C3)C1)C2)C1CCCOC1. The van der Waals surface area contributed by atoms with E-state index < -0.39 is 0 Å². The van der Waals surface area contributed by atoms with Gasteiger partial charge in [0, 0.05) is 12.5 Å². The number of aliphatic hydroxyl groups is 1. The molecule has 0 spiro atoms. The van der Waals surface area contributed by atoms with Crippen LogP contribution in [0.25, 0.3) is 0 Å². The second kappa shape index (κ2) is 4.73. The average Bonchev–Trinajstić information content (AvgIpc) is 2.37. The van der Waals surface area contributed by atoms with E-state index in [0.717, 1.165) is 43.8 Å². The molecule has 4 saturated carbocycles. The van der Waals surface area contributed by atoms with Gasteiger partial charge in [0.15, 0.2) is 0 Å². The maximum absolute atomic E-state index is 10.7. The van der Waals surface area contributed by atoms with Crippen LogP contribution in [0.3, 0.4) is 0 Å². The zero-order chi connectivity index (χ0) is 12.9. The van der Waals surface area contributed by atoms with Gasteiger partial charge in [0.1, 0.15) is 0 Å². The summed E-state index contributed by atoms with van der Waals surface area (Å²) < 4.78 is 5.56. The first kappa shape index (κ1) is 12.6. The first-order chi connectivity index (χ1) is 9.22.